The van der Waals surface area contributed by atoms with Gasteiger partial charge in [-0.2, -0.15) is 0 Å². The van der Waals surface area contributed by atoms with Crippen molar-refractivity contribution in [2.75, 3.05) is 0 Å². The smallest absolute Gasteiger partial charge is 0.335 e. The molecule has 0 aliphatic rings. The first kappa shape index (κ1) is 18.7. The fraction of sp³-hybridized carbons (Fsp3) is 0.333. The first-order valence-electron chi connectivity index (χ1n) is 8.21. The molecule has 0 heterocycles. The quantitative estimate of drug-likeness (QED) is 0.797. The van der Waals surface area contributed by atoms with Crippen LogP contribution in [0, 0.1) is 0 Å². The predicted molar refractivity (Wildman–Crippen MR) is 97.5 cm³/mol. The number of hydrogen-bond acceptors (Lipinski definition) is 2. The van der Waals surface area contributed by atoms with Crippen LogP contribution in [0.2, 0.25) is 0 Å². The highest BCUT2D eigenvalue weighted by Gasteiger charge is 2.32. The largest absolute Gasteiger partial charge is 0.478 e. The van der Waals surface area contributed by atoms with E-state index in [9.17, 15) is 14.7 Å². The van der Waals surface area contributed by atoms with Gasteiger partial charge in [-0.25, -0.2) is 9.59 Å². The lowest BCUT2D eigenvalue weighted by atomic mass is 9.68. The summed E-state index contributed by atoms with van der Waals surface area (Å²) in [6.07, 6.45) is 0.787. The highest BCUT2D eigenvalue weighted by Crippen LogP contribution is 2.39. The Hall–Kier alpha value is -2.62. The van der Waals surface area contributed by atoms with E-state index in [-0.39, 0.29) is 22.0 Å². The van der Waals surface area contributed by atoms with Gasteiger partial charge in [0.25, 0.3) is 0 Å². The Kier molecular flexibility index (Phi) is 5.02. The summed E-state index contributed by atoms with van der Waals surface area (Å²) in [6.45, 7) is 8.43. The zero-order valence-electron chi connectivity index (χ0n) is 15.0. The molecule has 0 saturated carbocycles. The minimum atomic E-state index is -0.935. The average molecular weight is 340 g/mol. The maximum atomic E-state index is 11.2. The normalized spacial score (nSPS) is 12.0. The van der Waals surface area contributed by atoms with Gasteiger partial charge in [-0.05, 0) is 52.6 Å². The van der Waals surface area contributed by atoms with Crippen molar-refractivity contribution < 1.29 is 19.8 Å². The lowest BCUT2D eigenvalue weighted by molar-refractivity contribution is 0.0686. The highest BCUT2D eigenvalue weighted by molar-refractivity contribution is 5.88. The summed E-state index contributed by atoms with van der Waals surface area (Å²) in [5.41, 5.74) is 2.16. The van der Waals surface area contributed by atoms with Crippen LogP contribution in [0.3, 0.4) is 0 Å². The van der Waals surface area contributed by atoms with Crippen molar-refractivity contribution in [1.82, 2.24) is 0 Å². The molecule has 0 atom stereocenters. The first-order chi connectivity index (χ1) is 11.5. The molecule has 0 spiro atoms. The van der Waals surface area contributed by atoms with E-state index in [1.165, 1.54) is 0 Å². The predicted octanol–water partition coefficient (Wildman–Crippen LogP) is 4.73. The minimum Gasteiger partial charge on any atom is -0.478 e. The van der Waals surface area contributed by atoms with Gasteiger partial charge in [0.05, 0.1) is 11.1 Å². The molecule has 4 nitrogen and oxygen atoms in total. The summed E-state index contributed by atoms with van der Waals surface area (Å²) in [6, 6.07) is 14.0. The zero-order chi connectivity index (χ0) is 18.8. The Morgan fingerprint density at radius 1 is 0.760 bits per heavy atom. The molecule has 2 aromatic rings. The number of carboxylic acid groups (broad SMARTS) is 2. The van der Waals surface area contributed by atoms with Crippen molar-refractivity contribution >= 4 is 11.9 Å². The molecule has 0 unspecified atom stereocenters. The second kappa shape index (κ2) is 6.71. The molecular weight excluding hydrogens is 316 g/mol. The third-order valence-electron chi connectivity index (χ3n) is 4.69. The molecule has 0 aliphatic carbocycles. The van der Waals surface area contributed by atoms with Crippen molar-refractivity contribution in [3.8, 4) is 0 Å². The monoisotopic (exact) mass is 340 g/mol. The lowest BCUT2D eigenvalue weighted by Gasteiger charge is -2.36. The fourth-order valence-corrected chi connectivity index (χ4v) is 3.45. The van der Waals surface area contributed by atoms with Gasteiger partial charge in [0.15, 0.2) is 0 Å². The number of aromatic carboxylic acids is 2. The Morgan fingerprint density at radius 3 is 1.80 bits per heavy atom. The van der Waals surface area contributed by atoms with E-state index in [1.54, 1.807) is 30.3 Å². The number of rotatable bonds is 6. The first-order valence-corrected chi connectivity index (χ1v) is 8.21. The molecule has 0 amide bonds. The van der Waals surface area contributed by atoms with Gasteiger partial charge >= 0.3 is 11.9 Å². The van der Waals surface area contributed by atoms with E-state index >= 15 is 0 Å². The Bertz CT molecular complexity index is 786. The maximum absolute atomic E-state index is 11.2. The van der Waals surface area contributed by atoms with Crippen LogP contribution in [0.15, 0.2) is 48.5 Å². The van der Waals surface area contributed by atoms with Crippen molar-refractivity contribution in [1.29, 1.82) is 0 Å². The van der Waals surface area contributed by atoms with Crippen LogP contribution in [-0.4, -0.2) is 22.2 Å². The second-order valence-electron chi connectivity index (χ2n) is 7.71. The molecule has 2 N–H and O–H groups in total. The average Bonchev–Trinajstić information content (AvgIpc) is 2.54. The topological polar surface area (TPSA) is 74.6 Å². The zero-order valence-corrected chi connectivity index (χ0v) is 15.0. The van der Waals surface area contributed by atoms with Crippen LogP contribution in [0.1, 0.15) is 66.0 Å². The Labute approximate surface area is 148 Å². The molecule has 0 fully saturated rings. The van der Waals surface area contributed by atoms with Crippen LogP contribution in [0.5, 0.6) is 0 Å². The van der Waals surface area contributed by atoms with Crippen LogP contribution < -0.4 is 0 Å². The summed E-state index contributed by atoms with van der Waals surface area (Å²) in [7, 11) is 0. The summed E-state index contributed by atoms with van der Waals surface area (Å²) in [4.78, 5) is 22.2. The van der Waals surface area contributed by atoms with Crippen molar-refractivity contribution in [2.45, 2.75) is 44.9 Å². The number of carbonyl (C=O) groups is 2. The summed E-state index contributed by atoms with van der Waals surface area (Å²) in [5.74, 6) is -1.86. The standard InChI is InChI=1S/C21H24O4/c1-20(2,16-10-8-14(9-11-16)18(22)23)13-21(3,4)17-7-5-6-15(12-17)19(24)25/h5-12H,13H2,1-4H3,(H,22,23)(H,24,25). The van der Waals surface area contributed by atoms with Gasteiger partial charge in [-0.1, -0.05) is 52.0 Å². The molecule has 25 heavy (non-hydrogen) atoms. The van der Waals surface area contributed by atoms with Gasteiger partial charge in [0.2, 0.25) is 0 Å². The molecule has 132 valence electrons. The van der Waals surface area contributed by atoms with Gasteiger partial charge in [0.1, 0.15) is 0 Å². The van der Waals surface area contributed by atoms with Crippen LogP contribution in [0.25, 0.3) is 0 Å². The fourth-order valence-electron chi connectivity index (χ4n) is 3.45. The van der Waals surface area contributed by atoms with Crippen molar-refractivity contribution in [2.24, 2.45) is 0 Å². The molecule has 0 aromatic heterocycles. The van der Waals surface area contributed by atoms with E-state index < -0.39 is 11.9 Å². The SMILES string of the molecule is CC(C)(CC(C)(C)c1cccc(C(=O)O)c1)c1ccc(C(=O)O)cc1. The van der Waals surface area contributed by atoms with Gasteiger partial charge in [-0.3, -0.25) is 0 Å². The molecule has 0 bridgehead atoms. The summed E-state index contributed by atoms with van der Waals surface area (Å²) in [5, 5.41) is 18.2. The molecule has 2 rings (SSSR count). The third-order valence-corrected chi connectivity index (χ3v) is 4.69. The Morgan fingerprint density at radius 2 is 1.28 bits per heavy atom. The van der Waals surface area contributed by atoms with E-state index in [1.807, 2.05) is 18.2 Å². The van der Waals surface area contributed by atoms with E-state index in [0.29, 0.717) is 0 Å². The maximum Gasteiger partial charge on any atom is 0.335 e. The molecule has 4 heteroatoms. The van der Waals surface area contributed by atoms with Gasteiger partial charge in [0, 0.05) is 0 Å². The number of hydrogen-bond donors (Lipinski definition) is 2. The molecular formula is C21H24O4. The van der Waals surface area contributed by atoms with Crippen molar-refractivity contribution in [3.05, 3.63) is 70.8 Å². The number of carboxylic acids is 2. The van der Waals surface area contributed by atoms with Crippen LogP contribution in [0.4, 0.5) is 0 Å². The van der Waals surface area contributed by atoms with E-state index in [4.69, 9.17) is 5.11 Å². The Balaban J connectivity index is 2.29. The van der Waals surface area contributed by atoms with Crippen molar-refractivity contribution in [3.63, 3.8) is 0 Å². The molecule has 0 radical (unpaired) electrons. The van der Waals surface area contributed by atoms with E-state index in [0.717, 1.165) is 17.5 Å². The lowest BCUT2D eigenvalue weighted by Crippen LogP contribution is -2.30. The molecule has 0 saturated heterocycles. The summed E-state index contributed by atoms with van der Waals surface area (Å²) >= 11 is 0. The van der Waals surface area contributed by atoms with Gasteiger partial charge < -0.3 is 10.2 Å². The minimum absolute atomic E-state index is 0.195. The molecule has 2 aromatic carbocycles. The van der Waals surface area contributed by atoms with Gasteiger partial charge in [-0.15, -0.1) is 0 Å². The number of benzene rings is 2. The third kappa shape index (κ3) is 4.27. The second-order valence-corrected chi connectivity index (χ2v) is 7.71. The van der Waals surface area contributed by atoms with E-state index in [2.05, 4.69) is 27.7 Å². The van der Waals surface area contributed by atoms with Crippen LogP contribution >= 0.6 is 0 Å². The van der Waals surface area contributed by atoms with Crippen LogP contribution in [-0.2, 0) is 10.8 Å². The molecule has 0 aliphatic heterocycles. The highest BCUT2D eigenvalue weighted by atomic mass is 16.4. The summed E-state index contributed by atoms with van der Waals surface area (Å²) < 4.78 is 0.